The molecule has 0 saturated heterocycles. The van der Waals surface area contributed by atoms with Gasteiger partial charge in [-0.3, -0.25) is 14.4 Å². The monoisotopic (exact) mass is 975 g/mol. The Bertz CT molecular complexity index is 1350. The molecule has 0 heterocycles. The zero-order chi connectivity index (χ0) is 50.7. The zero-order valence-corrected chi connectivity index (χ0v) is 46.0. The van der Waals surface area contributed by atoms with Crippen LogP contribution in [0.4, 0.5) is 0 Å². The number of ether oxygens (including phenoxy) is 3. The van der Waals surface area contributed by atoms with Crippen LogP contribution < -0.4 is 0 Å². The predicted molar refractivity (Wildman–Crippen MR) is 302 cm³/mol. The summed E-state index contributed by atoms with van der Waals surface area (Å²) in [6, 6.07) is 0. The van der Waals surface area contributed by atoms with Crippen LogP contribution in [-0.4, -0.2) is 37.2 Å². The average molecular weight is 976 g/mol. The maximum Gasteiger partial charge on any atom is 0.306 e. The minimum Gasteiger partial charge on any atom is -0.462 e. The highest BCUT2D eigenvalue weighted by molar-refractivity contribution is 5.71. The number of esters is 3. The number of carbonyl (C=O) groups is 3. The molecule has 0 aromatic heterocycles. The van der Waals surface area contributed by atoms with Crippen molar-refractivity contribution in [3.05, 3.63) is 85.1 Å². The van der Waals surface area contributed by atoms with E-state index < -0.39 is 6.10 Å². The van der Waals surface area contributed by atoms with Gasteiger partial charge in [-0.2, -0.15) is 0 Å². The summed E-state index contributed by atoms with van der Waals surface area (Å²) in [6.07, 6.45) is 75.7. The van der Waals surface area contributed by atoms with Gasteiger partial charge >= 0.3 is 17.9 Å². The van der Waals surface area contributed by atoms with Gasteiger partial charge in [-0.05, 0) is 116 Å². The van der Waals surface area contributed by atoms with Gasteiger partial charge in [0.05, 0.1) is 0 Å². The molecule has 0 N–H and O–H groups in total. The van der Waals surface area contributed by atoms with E-state index >= 15 is 0 Å². The van der Waals surface area contributed by atoms with Crippen molar-refractivity contribution < 1.29 is 28.6 Å². The molecule has 70 heavy (non-hydrogen) atoms. The minimum absolute atomic E-state index is 0.0917. The summed E-state index contributed by atoms with van der Waals surface area (Å²) in [6.45, 7) is 6.49. The number of allylic oxidation sites excluding steroid dienone is 14. The van der Waals surface area contributed by atoms with Crippen molar-refractivity contribution in [2.75, 3.05) is 13.2 Å². The number of unbranched alkanes of at least 4 members (excludes halogenated alkanes) is 28. The Kier molecular flexibility index (Phi) is 55.3. The highest BCUT2D eigenvalue weighted by Gasteiger charge is 2.19. The summed E-state index contributed by atoms with van der Waals surface area (Å²) >= 11 is 0. The molecule has 0 aromatic carbocycles. The lowest BCUT2D eigenvalue weighted by atomic mass is 10.1. The molecule has 1 atom stereocenters. The molecule has 0 rings (SSSR count). The van der Waals surface area contributed by atoms with E-state index in [-0.39, 0.29) is 31.1 Å². The molecule has 6 heteroatoms. The van der Waals surface area contributed by atoms with Crippen LogP contribution in [0.3, 0.4) is 0 Å². The van der Waals surface area contributed by atoms with E-state index in [0.29, 0.717) is 19.3 Å². The van der Waals surface area contributed by atoms with Crippen molar-refractivity contribution in [1.29, 1.82) is 0 Å². The Morgan fingerprint density at radius 1 is 0.300 bits per heavy atom. The summed E-state index contributed by atoms with van der Waals surface area (Å²) < 4.78 is 16.9. The lowest BCUT2D eigenvalue weighted by Gasteiger charge is -2.18. The Balaban J connectivity index is 4.44. The Morgan fingerprint density at radius 3 is 0.900 bits per heavy atom. The summed E-state index contributed by atoms with van der Waals surface area (Å²) in [5, 5.41) is 0. The van der Waals surface area contributed by atoms with E-state index in [4.69, 9.17) is 14.2 Å². The fraction of sp³-hybridized carbons (Fsp3) is 0.734. The molecule has 0 spiro atoms. The molecule has 0 aliphatic carbocycles. The molecular formula is C64H110O6. The number of carbonyl (C=O) groups excluding carboxylic acids is 3. The molecule has 0 radical (unpaired) electrons. The van der Waals surface area contributed by atoms with E-state index in [1.807, 2.05) is 0 Å². The van der Waals surface area contributed by atoms with Crippen LogP contribution in [-0.2, 0) is 28.6 Å². The van der Waals surface area contributed by atoms with Crippen LogP contribution in [0.5, 0.6) is 0 Å². The third-order valence-electron chi connectivity index (χ3n) is 12.6. The fourth-order valence-electron chi connectivity index (χ4n) is 8.16. The topological polar surface area (TPSA) is 78.9 Å². The van der Waals surface area contributed by atoms with Crippen molar-refractivity contribution >= 4 is 17.9 Å². The van der Waals surface area contributed by atoms with Crippen LogP contribution in [0.2, 0.25) is 0 Å². The van der Waals surface area contributed by atoms with Crippen molar-refractivity contribution in [1.82, 2.24) is 0 Å². The van der Waals surface area contributed by atoms with E-state index in [2.05, 4.69) is 106 Å². The minimum atomic E-state index is -0.795. The van der Waals surface area contributed by atoms with E-state index in [9.17, 15) is 14.4 Å². The average Bonchev–Trinajstić information content (AvgIpc) is 3.36. The van der Waals surface area contributed by atoms with Gasteiger partial charge in [-0.15, -0.1) is 0 Å². The molecule has 0 aromatic rings. The first-order valence-corrected chi connectivity index (χ1v) is 29.6. The smallest absolute Gasteiger partial charge is 0.306 e. The Labute approximate surface area is 433 Å². The van der Waals surface area contributed by atoms with Crippen LogP contribution in [0.25, 0.3) is 0 Å². The van der Waals surface area contributed by atoms with E-state index in [0.717, 1.165) is 103 Å². The van der Waals surface area contributed by atoms with Gasteiger partial charge in [0.1, 0.15) is 13.2 Å². The summed E-state index contributed by atoms with van der Waals surface area (Å²) in [5.74, 6) is -0.928. The van der Waals surface area contributed by atoms with E-state index in [1.54, 1.807) is 0 Å². The Morgan fingerprint density at radius 2 is 0.557 bits per heavy atom. The molecular weight excluding hydrogens is 865 g/mol. The number of hydrogen-bond donors (Lipinski definition) is 0. The van der Waals surface area contributed by atoms with Gasteiger partial charge in [-0.25, -0.2) is 0 Å². The quantitative estimate of drug-likeness (QED) is 0.0261. The van der Waals surface area contributed by atoms with Crippen LogP contribution in [0.15, 0.2) is 85.1 Å². The van der Waals surface area contributed by atoms with Crippen molar-refractivity contribution in [3.8, 4) is 0 Å². The molecule has 0 saturated carbocycles. The first-order valence-electron chi connectivity index (χ1n) is 29.6. The molecule has 0 aliphatic heterocycles. The molecule has 0 fully saturated rings. The molecule has 402 valence electrons. The lowest BCUT2D eigenvalue weighted by Crippen LogP contribution is -2.30. The SMILES string of the molecule is CC/C=C/C/C=C/C/C=C/C/C=C/C/C=C/CCCCCC(=O)OC[C@@H](COC(=O)CCCCCCC/C=C/CCCCCCC)OC(=O)CCCCCCCCCCC/C=C/CCCCCCCC. The van der Waals surface area contributed by atoms with Gasteiger partial charge in [-0.1, -0.05) is 234 Å². The third kappa shape index (κ3) is 55.5. The maximum atomic E-state index is 12.9. The fourth-order valence-corrected chi connectivity index (χ4v) is 8.16. The maximum absolute atomic E-state index is 12.9. The predicted octanol–water partition coefficient (Wildman–Crippen LogP) is 19.9. The van der Waals surface area contributed by atoms with Gasteiger partial charge in [0.15, 0.2) is 6.10 Å². The van der Waals surface area contributed by atoms with Crippen molar-refractivity contribution in [3.63, 3.8) is 0 Å². The van der Waals surface area contributed by atoms with Gasteiger partial charge in [0, 0.05) is 19.3 Å². The first kappa shape index (κ1) is 66.6. The summed E-state index contributed by atoms with van der Waals surface area (Å²) in [5.41, 5.74) is 0. The molecule has 6 nitrogen and oxygen atoms in total. The lowest BCUT2D eigenvalue weighted by molar-refractivity contribution is -0.167. The summed E-state index contributed by atoms with van der Waals surface area (Å²) in [4.78, 5) is 38.2. The summed E-state index contributed by atoms with van der Waals surface area (Å²) in [7, 11) is 0. The molecule has 0 amide bonds. The standard InChI is InChI=1S/C64H110O6/c1-4-7-10-13-16-19-22-25-28-30-32-34-36-39-42-45-48-51-54-57-63(66)69-60-61(59-68-62(65)56-53-50-47-44-41-38-27-24-21-18-15-12-9-6-3)70-64(67)58-55-52-49-46-43-40-37-35-33-31-29-26-23-20-17-14-11-8-5-2/h7,10,16,19,24-29,32,34,39,42,61H,4-6,8-9,11-15,17-18,20-23,30-31,33,35-38,40-41,43-60H2,1-3H3/b10-7+,19-16+,27-24+,28-25+,29-26+,34-32+,42-39+/t61-/m1/s1. The van der Waals surface area contributed by atoms with Gasteiger partial charge in [0.25, 0.3) is 0 Å². The number of hydrogen-bond acceptors (Lipinski definition) is 6. The second-order valence-corrected chi connectivity index (χ2v) is 19.5. The molecule has 0 unspecified atom stereocenters. The highest BCUT2D eigenvalue weighted by Crippen LogP contribution is 2.15. The second kappa shape index (κ2) is 58.2. The zero-order valence-electron chi connectivity index (χ0n) is 46.0. The van der Waals surface area contributed by atoms with E-state index in [1.165, 1.54) is 141 Å². The van der Waals surface area contributed by atoms with Crippen LogP contribution >= 0.6 is 0 Å². The van der Waals surface area contributed by atoms with Crippen molar-refractivity contribution in [2.45, 2.75) is 290 Å². The van der Waals surface area contributed by atoms with Crippen molar-refractivity contribution in [2.24, 2.45) is 0 Å². The third-order valence-corrected chi connectivity index (χ3v) is 12.6. The normalized spacial score (nSPS) is 12.7. The molecule has 0 aliphatic rings. The first-order chi connectivity index (χ1) is 34.5. The van der Waals surface area contributed by atoms with Gasteiger partial charge in [0.2, 0.25) is 0 Å². The van der Waals surface area contributed by atoms with Crippen LogP contribution in [0.1, 0.15) is 284 Å². The molecule has 0 bridgehead atoms. The second-order valence-electron chi connectivity index (χ2n) is 19.5. The van der Waals surface area contributed by atoms with Crippen LogP contribution in [0, 0.1) is 0 Å². The largest absolute Gasteiger partial charge is 0.462 e. The van der Waals surface area contributed by atoms with Gasteiger partial charge < -0.3 is 14.2 Å². The Hall–Kier alpha value is -3.41. The highest BCUT2D eigenvalue weighted by atomic mass is 16.6. The number of rotatable bonds is 53.